The maximum Gasteiger partial charge on any atom is 0.407 e. The highest BCUT2D eigenvalue weighted by atomic mass is 35.5. The van der Waals surface area contributed by atoms with Gasteiger partial charge in [0.05, 0.1) is 36.8 Å². The molecule has 1 saturated carbocycles. The van der Waals surface area contributed by atoms with Crippen molar-refractivity contribution in [3.05, 3.63) is 57.7 Å². The number of ether oxygens (including phenoxy) is 1. The average molecular weight is 570 g/mol. The fourth-order valence-corrected chi connectivity index (χ4v) is 6.07. The molecule has 2 amide bonds. The van der Waals surface area contributed by atoms with Gasteiger partial charge in [-0.2, -0.15) is 0 Å². The molecule has 2 saturated heterocycles. The number of rotatable bonds is 5. The Labute approximate surface area is 235 Å². The molecule has 2 aliphatic heterocycles. The van der Waals surface area contributed by atoms with Crippen LogP contribution in [0.2, 0.25) is 5.15 Å². The molecule has 2 aromatic heterocycles. The molecule has 1 aromatic carbocycles. The standard InChI is InChI=1S/C28H32ClN5O6/c1-27(6-7-27)25(36)31-10-8-28(39,9-11-31)16-32-17-30-23-20(24(32)35)14-22(29)34(23)19-4-2-18(3-5-19)21-15-40-13-12-33(21)26(37)38/h2-5,14,17,21,39H,6-13,15-16H2,1H3,(H,37,38). The number of fused-ring (bicyclic) bond motifs is 1. The summed E-state index contributed by atoms with van der Waals surface area (Å²) >= 11 is 6.57. The number of amides is 2. The van der Waals surface area contributed by atoms with E-state index in [9.17, 15) is 24.6 Å². The lowest BCUT2D eigenvalue weighted by Crippen LogP contribution is -2.51. The Morgan fingerprint density at radius 3 is 2.48 bits per heavy atom. The number of hydrogen-bond donors (Lipinski definition) is 2. The van der Waals surface area contributed by atoms with Crippen molar-refractivity contribution in [3.8, 4) is 5.69 Å². The molecular weight excluding hydrogens is 538 g/mol. The summed E-state index contributed by atoms with van der Waals surface area (Å²) < 4.78 is 8.57. The predicted octanol–water partition coefficient (Wildman–Crippen LogP) is 3.05. The maximum atomic E-state index is 13.4. The first kappa shape index (κ1) is 26.8. The van der Waals surface area contributed by atoms with Crippen molar-refractivity contribution in [1.29, 1.82) is 0 Å². The van der Waals surface area contributed by atoms with Gasteiger partial charge in [-0.3, -0.25) is 23.6 Å². The zero-order valence-corrected chi connectivity index (χ0v) is 23.0. The highest BCUT2D eigenvalue weighted by molar-refractivity contribution is 6.31. The Morgan fingerprint density at radius 1 is 1.12 bits per heavy atom. The number of carbonyl (C=O) groups excluding carboxylic acids is 1. The van der Waals surface area contributed by atoms with Crippen LogP contribution in [0.5, 0.6) is 0 Å². The fourth-order valence-electron chi connectivity index (χ4n) is 5.78. The topological polar surface area (TPSA) is 130 Å². The Kier molecular flexibility index (Phi) is 6.63. The Hall–Kier alpha value is -3.41. The quantitative estimate of drug-likeness (QED) is 0.483. The minimum Gasteiger partial charge on any atom is -0.465 e. The molecule has 3 fully saturated rings. The Morgan fingerprint density at radius 2 is 1.82 bits per heavy atom. The number of halogens is 1. The molecule has 6 rings (SSSR count). The number of hydrogen-bond acceptors (Lipinski definition) is 6. The van der Waals surface area contributed by atoms with Gasteiger partial charge in [-0.25, -0.2) is 9.78 Å². The van der Waals surface area contributed by atoms with Crippen molar-refractivity contribution in [1.82, 2.24) is 23.9 Å². The molecule has 40 heavy (non-hydrogen) atoms. The van der Waals surface area contributed by atoms with E-state index in [4.69, 9.17) is 16.3 Å². The number of aromatic nitrogens is 3. The molecular formula is C28H32ClN5O6. The van der Waals surface area contributed by atoms with Gasteiger partial charge in [0.1, 0.15) is 11.5 Å². The van der Waals surface area contributed by atoms with E-state index in [0.29, 0.717) is 61.0 Å². The van der Waals surface area contributed by atoms with Crippen LogP contribution in [0.4, 0.5) is 4.79 Å². The molecule has 1 atom stereocenters. The van der Waals surface area contributed by atoms with Crippen LogP contribution in [-0.4, -0.2) is 84.6 Å². The van der Waals surface area contributed by atoms with Crippen molar-refractivity contribution in [2.24, 2.45) is 5.41 Å². The summed E-state index contributed by atoms with van der Waals surface area (Å²) in [4.78, 5) is 45.5. The summed E-state index contributed by atoms with van der Waals surface area (Å²) in [5.74, 6) is 0.158. The van der Waals surface area contributed by atoms with Crippen LogP contribution >= 0.6 is 11.6 Å². The van der Waals surface area contributed by atoms with E-state index in [0.717, 1.165) is 18.4 Å². The van der Waals surface area contributed by atoms with Crippen LogP contribution in [0.15, 0.2) is 41.5 Å². The van der Waals surface area contributed by atoms with Crippen LogP contribution in [0.25, 0.3) is 16.7 Å². The number of piperidine rings is 1. The molecule has 1 unspecified atom stereocenters. The summed E-state index contributed by atoms with van der Waals surface area (Å²) in [6, 6.07) is 8.42. The van der Waals surface area contributed by atoms with Crippen LogP contribution < -0.4 is 5.56 Å². The number of carbonyl (C=O) groups is 2. The molecule has 0 spiro atoms. The number of benzene rings is 1. The first-order chi connectivity index (χ1) is 19.1. The van der Waals surface area contributed by atoms with Gasteiger partial charge in [-0.15, -0.1) is 0 Å². The van der Waals surface area contributed by atoms with Gasteiger partial charge in [0.2, 0.25) is 5.91 Å². The van der Waals surface area contributed by atoms with E-state index in [1.165, 1.54) is 15.8 Å². The van der Waals surface area contributed by atoms with E-state index in [1.54, 1.807) is 10.6 Å². The first-order valence-corrected chi connectivity index (χ1v) is 13.9. The summed E-state index contributed by atoms with van der Waals surface area (Å²) in [5.41, 5.74) is 0.188. The minimum absolute atomic E-state index is 0.0785. The molecule has 0 radical (unpaired) electrons. The summed E-state index contributed by atoms with van der Waals surface area (Å²) in [6.07, 6.45) is 3.04. The van der Waals surface area contributed by atoms with E-state index < -0.39 is 17.7 Å². The molecule has 3 aromatic rings. The number of likely N-dealkylation sites (tertiary alicyclic amines) is 1. The second kappa shape index (κ2) is 9.90. The van der Waals surface area contributed by atoms with Crippen LogP contribution in [0.3, 0.4) is 0 Å². The predicted molar refractivity (Wildman–Crippen MR) is 147 cm³/mol. The second-order valence-electron chi connectivity index (χ2n) is 11.5. The minimum atomic E-state index is -1.12. The highest BCUT2D eigenvalue weighted by Crippen LogP contribution is 2.47. The van der Waals surface area contributed by atoms with Gasteiger partial charge in [0.25, 0.3) is 5.56 Å². The molecule has 12 heteroatoms. The lowest BCUT2D eigenvalue weighted by atomic mass is 9.90. The summed E-state index contributed by atoms with van der Waals surface area (Å²) in [6.45, 7) is 3.94. The number of nitrogens with zero attached hydrogens (tertiary/aromatic N) is 5. The van der Waals surface area contributed by atoms with E-state index in [2.05, 4.69) is 4.98 Å². The maximum absolute atomic E-state index is 13.4. The zero-order valence-electron chi connectivity index (χ0n) is 22.3. The van der Waals surface area contributed by atoms with E-state index in [1.807, 2.05) is 36.1 Å². The van der Waals surface area contributed by atoms with Gasteiger partial charge in [-0.1, -0.05) is 30.7 Å². The Balaban J connectivity index is 1.21. The van der Waals surface area contributed by atoms with Gasteiger partial charge in [0, 0.05) is 30.7 Å². The third kappa shape index (κ3) is 4.76. The Bertz CT molecular complexity index is 1520. The van der Waals surface area contributed by atoms with Crippen LogP contribution in [-0.2, 0) is 16.1 Å². The summed E-state index contributed by atoms with van der Waals surface area (Å²) in [5, 5.41) is 21.4. The monoisotopic (exact) mass is 569 g/mol. The zero-order chi connectivity index (χ0) is 28.2. The van der Waals surface area contributed by atoms with Crippen molar-refractivity contribution in [2.45, 2.75) is 50.8 Å². The average Bonchev–Trinajstić information content (AvgIpc) is 3.61. The van der Waals surface area contributed by atoms with Gasteiger partial charge in [0.15, 0.2) is 5.65 Å². The normalized spacial score (nSPS) is 21.9. The second-order valence-corrected chi connectivity index (χ2v) is 11.8. The molecule has 212 valence electrons. The van der Waals surface area contributed by atoms with E-state index in [-0.39, 0.29) is 30.0 Å². The first-order valence-electron chi connectivity index (χ1n) is 13.5. The van der Waals surface area contributed by atoms with Crippen molar-refractivity contribution in [3.63, 3.8) is 0 Å². The number of aliphatic hydroxyl groups is 1. The number of carboxylic acid groups (broad SMARTS) is 1. The lowest BCUT2D eigenvalue weighted by Gasteiger charge is -2.39. The van der Waals surface area contributed by atoms with Crippen molar-refractivity contribution in [2.75, 3.05) is 32.8 Å². The highest BCUT2D eigenvalue weighted by Gasteiger charge is 2.48. The van der Waals surface area contributed by atoms with Gasteiger partial charge >= 0.3 is 6.09 Å². The van der Waals surface area contributed by atoms with Crippen LogP contribution in [0.1, 0.15) is 44.2 Å². The van der Waals surface area contributed by atoms with Crippen molar-refractivity contribution < 1.29 is 24.5 Å². The fraction of sp³-hybridized carbons (Fsp3) is 0.500. The third-order valence-corrected chi connectivity index (χ3v) is 8.89. The van der Waals surface area contributed by atoms with Crippen molar-refractivity contribution >= 4 is 34.6 Å². The summed E-state index contributed by atoms with van der Waals surface area (Å²) in [7, 11) is 0. The third-order valence-electron chi connectivity index (χ3n) is 8.61. The lowest BCUT2D eigenvalue weighted by molar-refractivity contribution is -0.141. The molecule has 1 aliphatic carbocycles. The molecule has 3 aliphatic rings. The smallest absolute Gasteiger partial charge is 0.407 e. The molecule has 11 nitrogen and oxygen atoms in total. The van der Waals surface area contributed by atoms with Crippen LogP contribution in [0, 0.1) is 5.41 Å². The largest absolute Gasteiger partial charge is 0.465 e. The van der Waals surface area contributed by atoms with E-state index >= 15 is 0 Å². The molecule has 2 N–H and O–H groups in total. The molecule has 4 heterocycles. The van der Waals surface area contributed by atoms with Gasteiger partial charge < -0.3 is 19.8 Å². The molecule has 0 bridgehead atoms. The SMILES string of the molecule is CC1(C(=O)N2CCC(O)(Cn3cnc4c(cc(Cl)n4-c4ccc(C5COCCN5C(=O)O)cc4)c3=O)CC2)CC1. The van der Waals surface area contributed by atoms with Gasteiger partial charge in [-0.05, 0) is 49.4 Å². The number of morpholine rings is 1.